The summed E-state index contributed by atoms with van der Waals surface area (Å²) >= 11 is 0. The zero-order valence-corrected chi connectivity index (χ0v) is 10.6. The molecular formula is C14H17F3N2. The van der Waals surface area contributed by atoms with Crippen molar-refractivity contribution in [2.24, 2.45) is 4.99 Å². The van der Waals surface area contributed by atoms with Gasteiger partial charge in [0.15, 0.2) is 0 Å². The molecule has 0 atom stereocenters. The molecule has 1 aromatic rings. The van der Waals surface area contributed by atoms with Gasteiger partial charge in [0.1, 0.15) is 0 Å². The first-order valence-electron chi connectivity index (χ1n) is 6.49. The highest BCUT2D eigenvalue weighted by Gasteiger charge is 2.32. The molecule has 2 rings (SSSR count). The van der Waals surface area contributed by atoms with Crippen LogP contribution >= 0.6 is 0 Å². The van der Waals surface area contributed by atoms with Crippen molar-refractivity contribution in [1.82, 2.24) is 5.32 Å². The Hall–Kier alpha value is -1.52. The molecule has 0 amide bonds. The van der Waals surface area contributed by atoms with E-state index in [4.69, 9.17) is 0 Å². The zero-order chi connectivity index (χ0) is 13.7. The third-order valence-electron chi connectivity index (χ3n) is 3.18. The van der Waals surface area contributed by atoms with Gasteiger partial charge in [0, 0.05) is 19.5 Å². The van der Waals surface area contributed by atoms with Gasteiger partial charge in [-0.15, -0.1) is 0 Å². The van der Waals surface area contributed by atoms with Crippen LogP contribution in [-0.4, -0.2) is 12.4 Å². The van der Waals surface area contributed by atoms with Crippen LogP contribution < -0.4 is 5.32 Å². The first-order chi connectivity index (χ1) is 9.07. The summed E-state index contributed by atoms with van der Waals surface area (Å²) in [7, 11) is 0. The van der Waals surface area contributed by atoms with Crippen LogP contribution in [0, 0.1) is 0 Å². The van der Waals surface area contributed by atoms with E-state index in [-0.39, 0.29) is 12.1 Å². The Morgan fingerprint density at radius 2 is 1.89 bits per heavy atom. The second kappa shape index (κ2) is 6.08. The molecule has 19 heavy (non-hydrogen) atoms. The molecule has 0 aliphatic carbocycles. The van der Waals surface area contributed by atoms with Crippen molar-refractivity contribution in [1.29, 1.82) is 0 Å². The summed E-state index contributed by atoms with van der Waals surface area (Å²) < 4.78 is 38.5. The topological polar surface area (TPSA) is 24.4 Å². The van der Waals surface area contributed by atoms with Crippen molar-refractivity contribution < 1.29 is 13.2 Å². The largest absolute Gasteiger partial charge is 0.416 e. The van der Waals surface area contributed by atoms with E-state index in [1.807, 2.05) is 0 Å². The van der Waals surface area contributed by atoms with Gasteiger partial charge in [0.2, 0.25) is 0 Å². The lowest BCUT2D eigenvalue weighted by molar-refractivity contribution is -0.138. The van der Waals surface area contributed by atoms with Gasteiger partial charge in [-0.2, -0.15) is 13.2 Å². The molecule has 1 aliphatic rings. The fourth-order valence-corrected chi connectivity index (χ4v) is 2.17. The van der Waals surface area contributed by atoms with E-state index in [0.29, 0.717) is 0 Å². The second-order valence-corrected chi connectivity index (χ2v) is 4.65. The van der Waals surface area contributed by atoms with Crippen molar-refractivity contribution >= 4 is 5.84 Å². The lowest BCUT2D eigenvalue weighted by atomic mass is 10.1. The summed E-state index contributed by atoms with van der Waals surface area (Å²) in [6, 6.07) is 5.66. The highest BCUT2D eigenvalue weighted by atomic mass is 19.4. The molecule has 104 valence electrons. The number of hydrogen-bond donors (Lipinski definition) is 1. The summed E-state index contributed by atoms with van der Waals surface area (Å²) in [5.74, 6) is 0.828. The maximum atomic E-state index is 12.8. The minimum absolute atomic E-state index is 0.175. The lowest BCUT2D eigenvalue weighted by Crippen LogP contribution is -2.24. The van der Waals surface area contributed by atoms with Crippen molar-refractivity contribution in [2.75, 3.05) is 6.54 Å². The summed E-state index contributed by atoms with van der Waals surface area (Å²) in [6.07, 6.45) is -0.234. The van der Waals surface area contributed by atoms with E-state index >= 15 is 0 Å². The first kappa shape index (κ1) is 13.9. The lowest BCUT2D eigenvalue weighted by Gasteiger charge is -2.14. The maximum Gasteiger partial charge on any atom is 0.416 e. The van der Waals surface area contributed by atoms with Crippen LogP contribution in [0.4, 0.5) is 13.2 Å². The highest BCUT2D eigenvalue weighted by molar-refractivity contribution is 5.82. The summed E-state index contributed by atoms with van der Waals surface area (Å²) in [4.78, 5) is 4.35. The number of alkyl halides is 3. The molecule has 1 aromatic carbocycles. The van der Waals surface area contributed by atoms with Gasteiger partial charge in [0.05, 0.1) is 11.4 Å². The zero-order valence-electron chi connectivity index (χ0n) is 10.6. The number of nitrogens with one attached hydrogen (secondary N) is 1. The Morgan fingerprint density at radius 1 is 1.11 bits per heavy atom. The summed E-state index contributed by atoms with van der Waals surface area (Å²) in [5.41, 5.74) is -0.307. The van der Waals surface area contributed by atoms with Crippen LogP contribution in [0.2, 0.25) is 0 Å². The molecule has 0 radical (unpaired) electrons. The van der Waals surface area contributed by atoms with Crippen LogP contribution in [-0.2, 0) is 12.7 Å². The van der Waals surface area contributed by atoms with E-state index in [0.717, 1.165) is 44.1 Å². The van der Waals surface area contributed by atoms with Gasteiger partial charge in [-0.25, -0.2) is 0 Å². The van der Waals surface area contributed by atoms with Crippen molar-refractivity contribution in [2.45, 2.75) is 38.4 Å². The van der Waals surface area contributed by atoms with Gasteiger partial charge in [0.25, 0.3) is 0 Å². The average molecular weight is 270 g/mol. The van der Waals surface area contributed by atoms with Gasteiger partial charge >= 0.3 is 6.18 Å². The number of hydrogen-bond acceptors (Lipinski definition) is 2. The molecule has 0 saturated carbocycles. The van der Waals surface area contributed by atoms with Crippen LogP contribution in [0.3, 0.4) is 0 Å². The number of aliphatic imine (C=N–C) groups is 1. The third kappa shape index (κ3) is 3.98. The summed E-state index contributed by atoms with van der Waals surface area (Å²) in [6.45, 7) is 0.942. The highest BCUT2D eigenvalue weighted by Crippen LogP contribution is 2.31. The minimum atomic E-state index is -4.30. The van der Waals surface area contributed by atoms with Crippen LogP contribution in [0.25, 0.3) is 0 Å². The van der Waals surface area contributed by atoms with E-state index in [2.05, 4.69) is 10.3 Å². The van der Waals surface area contributed by atoms with Gasteiger partial charge in [-0.05, 0) is 24.5 Å². The molecule has 0 bridgehead atoms. The number of amidine groups is 1. The van der Waals surface area contributed by atoms with Gasteiger partial charge in [-0.3, -0.25) is 4.99 Å². The minimum Gasteiger partial charge on any atom is -0.370 e. The van der Waals surface area contributed by atoms with Crippen LogP contribution in [0.1, 0.15) is 36.8 Å². The second-order valence-electron chi connectivity index (χ2n) is 4.65. The quantitative estimate of drug-likeness (QED) is 0.869. The third-order valence-corrected chi connectivity index (χ3v) is 3.18. The Kier molecular flexibility index (Phi) is 4.45. The molecule has 0 aromatic heterocycles. The maximum absolute atomic E-state index is 12.8. The first-order valence-corrected chi connectivity index (χ1v) is 6.49. The molecular weight excluding hydrogens is 253 g/mol. The number of rotatable bonds is 2. The number of nitrogens with zero attached hydrogens (tertiary/aromatic N) is 1. The number of halogens is 3. The van der Waals surface area contributed by atoms with Gasteiger partial charge < -0.3 is 5.32 Å². The monoisotopic (exact) mass is 270 g/mol. The molecule has 5 heteroatoms. The Morgan fingerprint density at radius 3 is 2.68 bits per heavy atom. The van der Waals surface area contributed by atoms with E-state index in [1.165, 1.54) is 12.1 Å². The molecule has 1 heterocycles. The van der Waals surface area contributed by atoms with Crippen molar-refractivity contribution in [3.05, 3.63) is 35.4 Å². The van der Waals surface area contributed by atoms with Crippen molar-refractivity contribution in [3.63, 3.8) is 0 Å². The predicted molar refractivity (Wildman–Crippen MR) is 69.1 cm³/mol. The fraction of sp³-hybridized carbons (Fsp3) is 0.500. The Labute approximate surface area is 110 Å². The molecule has 2 nitrogen and oxygen atoms in total. The Bertz CT molecular complexity index is 452. The van der Waals surface area contributed by atoms with Gasteiger partial charge in [-0.1, -0.05) is 24.6 Å². The average Bonchev–Trinajstić information content (AvgIpc) is 2.64. The van der Waals surface area contributed by atoms with E-state index < -0.39 is 11.7 Å². The molecule has 0 saturated heterocycles. The molecule has 1 aliphatic heterocycles. The normalized spacial score (nSPS) is 16.7. The van der Waals surface area contributed by atoms with E-state index in [9.17, 15) is 13.2 Å². The number of benzene rings is 1. The Balaban J connectivity index is 2.05. The van der Waals surface area contributed by atoms with E-state index in [1.54, 1.807) is 6.07 Å². The van der Waals surface area contributed by atoms with Crippen molar-refractivity contribution in [3.8, 4) is 0 Å². The summed E-state index contributed by atoms with van der Waals surface area (Å²) in [5, 5.41) is 3.04. The standard InChI is InChI=1S/C14H17F3N2/c15-14(16,17)12-7-4-3-6-11(12)10-19-13-8-2-1-5-9-18-13/h3-4,6-7H,1-2,5,8-10H2,(H,18,19). The van der Waals surface area contributed by atoms with Crippen LogP contribution in [0.5, 0.6) is 0 Å². The molecule has 0 unspecified atom stereocenters. The molecule has 1 N–H and O–H groups in total. The fourth-order valence-electron chi connectivity index (χ4n) is 2.17. The molecule has 0 spiro atoms. The predicted octanol–water partition coefficient (Wildman–Crippen LogP) is 3.77. The molecule has 0 fully saturated rings. The SMILES string of the molecule is FC(F)(F)c1ccccc1CNC1=NCCCCC1. The van der Waals surface area contributed by atoms with Crippen LogP contribution in [0.15, 0.2) is 29.3 Å². The smallest absolute Gasteiger partial charge is 0.370 e.